The second kappa shape index (κ2) is 21.7. The first-order valence-corrected chi connectivity index (χ1v) is 18.0. The van der Waals surface area contributed by atoms with Gasteiger partial charge in [-0.2, -0.15) is 17.6 Å². The van der Waals surface area contributed by atoms with Gasteiger partial charge < -0.3 is 53.0 Å². The van der Waals surface area contributed by atoms with E-state index in [1.807, 2.05) is 0 Å². The van der Waals surface area contributed by atoms with Gasteiger partial charge in [-0.3, -0.25) is 33.8 Å². The summed E-state index contributed by atoms with van der Waals surface area (Å²) in [5.74, 6) is -2.55. The molecule has 0 aliphatic heterocycles. The smallest absolute Gasteiger partial charge is 0.280 e. The number of anilines is 2. The van der Waals surface area contributed by atoms with E-state index in [1.165, 1.54) is 6.20 Å². The SMILES string of the molecule is CC[C@H](NC(=O)[C@@H](N)CNC(=O)CC[C@H](C=O)NC(=O)CC[C@@H](C)NC(=O)c1ccc(NCc2cnc3nc(N)[nH]c(=O)c3n2)cc1)C(=O)N[C@H](C=O)CS. The van der Waals surface area contributed by atoms with Gasteiger partial charge in [-0.25, -0.2) is 9.97 Å². The van der Waals surface area contributed by atoms with E-state index in [1.54, 1.807) is 38.1 Å². The Kier molecular flexibility index (Phi) is 17.1. The number of thiol groups is 1. The largest absolute Gasteiger partial charge is 0.379 e. The van der Waals surface area contributed by atoms with Gasteiger partial charge in [0.05, 0.1) is 30.5 Å². The van der Waals surface area contributed by atoms with Crippen LogP contribution < -0.4 is 48.9 Å². The molecule has 0 saturated carbocycles. The number of benzene rings is 1. The van der Waals surface area contributed by atoms with Gasteiger partial charge in [0.25, 0.3) is 11.5 Å². The summed E-state index contributed by atoms with van der Waals surface area (Å²) in [5.41, 5.74) is 12.7. The van der Waals surface area contributed by atoms with E-state index in [-0.39, 0.29) is 80.0 Å². The van der Waals surface area contributed by atoms with Gasteiger partial charge in [0.1, 0.15) is 24.7 Å². The summed E-state index contributed by atoms with van der Waals surface area (Å²) in [6.45, 7) is 3.39. The molecule has 11 N–H and O–H groups in total. The summed E-state index contributed by atoms with van der Waals surface area (Å²) < 4.78 is 0. The molecule has 1 aromatic carbocycles. The number of fused-ring (bicyclic) bond motifs is 1. The number of hydrogen-bond donors (Lipinski definition) is 10. The molecule has 2 aromatic heterocycles. The topological polar surface area (TPSA) is 315 Å². The maximum Gasteiger partial charge on any atom is 0.280 e. The molecule has 0 fully saturated rings. The Bertz CT molecular complexity index is 1890. The Labute approximate surface area is 321 Å². The van der Waals surface area contributed by atoms with Crippen LogP contribution in [-0.2, 0) is 35.3 Å². The summed E-state index contributed by atoms with van der Waals surface area (Å²) in [6, 6.07) is 2.36. The van der Waals surface area contributed by atoms with Crippen molar-refractivity contribution in [1.29, 1.82) is 0 Å². The van der Waals surface area contributed by atoms with E-state index in [0.29, 0.717) is 29.5 Å². The van der Waals surface area contributed by atoms with E-state index >= 15 is 0 Å². The third-order valence-corrected chi connectivity index (χ3v) is 8.46. The zero-order chi connectivity index (χ0) is 40.5. The number of hydrogen-bond acceptors (Lipinski definition) is 15. The van der Waals surface area contributed by atoms with Crippen molar-refractivity contribution in [2.45, 2.75) is 82.7 Å². The Morgan fingerprint density at radius 3 is 2.25 bits per heavy atom. The minimum absolute atomic E-state index is 0.000985. The van der Waals surface area contributed by atoms with Crippen molar-refractivity contribution >= 4 is 77.5 Å². The highest BCUT2D eigenvalue weighted by molar-refractivity contribution is 7.80. The number of aldehydes is 2. The maximum absolute atomic E-state index is 12.8. The van der Waals surface area contributed by atoms with Crippen LogP contribution >= 0.6 is 12.6 Å². The first kappa shape index (κ1) is 43.4. The number of nitrogens with one attached hydrogen (secondary N) is 7. The quantitative estimate of drug-likeness (QED) is 0.0398. The summed E-state index contributed by atoms with van der Waals surface area (Å²) in [6.07, 6.45) is 2.85. The molecular weight excluding hydrogens is 737 g/mol. The number of H-pyrrole nitrogens is 1. The molecule has 0 aliphatic carbocycles. The van der Waals surface area contributed by atoms with Crippen molar-refractivity contribution in [3.05, 3.63) is 52.1 Å². The number of aromatic nitrogens is 4. The highest BCUT2D eigenvalue weighted by Crippen LogP contribution is 2.12. The van der Waals surface area contributed by atoms with Crippen LogP contribution in [0.2, 0.25) is 0 Å². The maximum atomic E-state index is 12.8. The summed E-state index contributed by atoms with van der Waals surface area (Å²) in [5, 5.41) is 15.9. The van der Waals surface area contributed by atoms with Crippen LogP contribution in [-0.4, -0.2) is 105 Å². The number of rotatable bonds is 22. The van der Waals surface area contributed by atoms with Crippen LogP contribution in [0.3, 0.4) is 0 Å². The number of amides is 5. The van der Waals surface area contributed by atoms with Crippen molar-refractivity contribution in [3.8, 4) is 0 Å². The van der Waals surface area contributed by atoms with E-state index in [4.69, 9.17) is 11.5 Å². The van der Waals surface area contributed by atoms with Crippen LogP contribution in [0, 0.1) is 0 Å². The fraction of sp³-hybridized carbons (Fsp3) is 0.441. The number of aromatic amines is 1. The molecule has 0 bridgehead atoms. The van der Waals surface area contributed by atoms with Gasteiger partial charge in [0.15, 0.2) is 11.2 Å². The molecule has 296 valence electrons. The van der Waals surface area contributed by atoms with E-state index < -0.39 is 53.4 Å². The average Bonchev–Trinajstić information content (AvgIpc) is 3.17. The number of nitrogens with zero attached hydrogens (tertiary/aromatic N) is 3. The first-order chi connectivity index (χ1) is 26.3. The van der Waals surface area contributed by atoms with Gasteiger partial charge >= 0.3 is 0 Å². The fourth-order valence-corrected chi connectivity index (χ4v) is 5.07. The summed E-state index contributed by atoms with van der Waals surface area (Å²) >= 11 is 3.97. The van der Waals surface area contributed by atoms with Crippen LogP contribution in [0.5, 0.6) is 0 Å². The Morgan fingerprint density at radius 1 is 0.909 bits per heavy atom. The minimum atomic E-state index is -1.19. The highest BCUT2D eigenvalue weighted by atomic mass is 32.1. The van der Waals surface area contributed by atoms with Crippen molar-refractivity contribution in [2.75, 3.05) is 23.3 Å². The molecule has 2 heterocycles. The predicted molar refractivity (Wildman–Crippen MR) is 205 cm³/mol. The normalized spacial score (nSPS) is 13.6. The van der Waals surface area contributed by atoms with Crippen LogP contribution in [0.25, 0.3) is 11.2 Å². The second-order valence-corrected chi connectivity index (χ2v) is 12.9. The van der Waals surface area contributed by atoms with Crippen LogP contribution in [0.4, 0.5) is 11.6 Å². The van der Waals surface area contributed by atoms with Crippen molar-refractivity contribution in [2.24, 2.45) is 5.73 Å². The van der Waals surface area contributed by atoms with Gasteiger partial charge in [-0.15, -0.1) is 0 Å². The molecule has 5 atom stereocenters. The van der Waals surface area contributed by atoms with Crippen LogP contribution in [0.15, 0.2) is 35.3 Å². The van der Waals surface area contributed by atoms with Crippen molar-refractivity contribution in [1.82, 2.24) is 46.5 Å². The molecule has 0 aliphatic rings. The van der Waals surface area contributed by atoms with E-state index in [2.05, 4.69) is 64.5 Å². The van der Waals surface area contributed by atoms with Crippen molar-refractivity contribution in [3.63, 3.8) is 0 Å². The molecule has 21 heteroatoms. The molecule has 0 radical (unpaired) electrons. The molecule has 0 unspecified atom stereocenters. The lowest BCUT2D eigenvalue weighted by atomic mass is 10.1. The third-order valence-electron chi connectivity index (χ3n) is 8.07. The van der Waals surface area contributed by atoms with Crippen LogP contribution in [0.1, 0.15) is 62.0 Å². The lowest BCUT2D eigenvalue weighted by molar-refractivity contribution is -0.130. The molecule has 3 rings (SSSR count). The molecule has 3 aromatic rings. The standard InChI is InChI=1S/C34H46N12O8S/c1-3-25(32(53)43-23(16-48)17-55)44-31(52)24(35)14-38-26(49)11-9-21(15-47)41-27(50)10-4-18(2)40-30(51)19-5-7-20(8-6-19)37-12-22-13-39-29-28(42-22)33(54)46-34(36)45-29/h5-8,13,15-16,18,21,23-25,37,55H,3-4,9-12,14,17,35H2,1-2H3,(H,38,49)(H,40,51)(H,41,50)(H,43,53)(H,44,52)(H3,36,39,45,46,54)/t18-,21-,23-,24+,25+/m1/s1. The van der Waals surface area contributed by atoms with Gasteiger partial charge in [0, 0.05) is 42.4 Å². The average molecular weight is 783 g/mol. The number of carbonyl (C=O) groups excluding carboxylic acids is 7. The zero-order valence-corrected chi connectivity index (χ0v) is 31.2. The Morgan fingerprint density at radius 2 is 1.60 bits per heavy atom. The fourth-order valence-electron chi connectivity index (χ4n) is 4.90. The highest BCUT2D eigenvalue weighted by Gasteiger charge is 2.24. The lowest BCUT2D eigenvalue weighted by Gasteiger charge is -2.21. The van der Waals surface area contributed by atoms with E-state index in [9.17, 15) is 38.4 Å². The molecule has 5 amide bonds. The monoisotopic (exact) mass is 782 g/mol. The zero-order valence-electron chi connectivity index (χ0n) is 30.3. The Hall–Kier alpha value is -5.96. The van der Waals surface area contributed by atoms with Gasteiger partial charge in [-0.1, -0.05) is 6.92 Å². The second-order valence-electron chi connectivity index (χ2n) is 12.5. The Balaban J connectivity index is 1.34. The molecule has 0 spiro atoms. The van der Waals surface area contributed by atoms with E-state index in [0.717, 1.165) is 0 Å². The molecule has 55 heavy (non-hydrogen) atoms. The summed E-state index contributed by atoms with van der Waals surface area (Å²) in [4.78, 5) is 112. The minimum Gasteiger partial charge on any atom is -0.379 e. The number of carbonyl (C=O) groups is 7. The molecular formula is C34H46N12O8S. The number of nitrogen functional groups attached to an aromatic ring is 1. The van der Waals surface area contributed by atoms with Crippen molar-refractivity contribution < 1.29 is 33.6 Å². The predicted octanol–water partition coefficient (Wildman–Crippen LogP) is -1.78. The number of nitrogens with two attached hydrogens (primary N) is 2. The first-order valence-electron chi connectivity index (χ1n) is 17.4. The van der Waals surface area contributed by atoms with Gasteiger partial charge in [0.2, 0.25) is 29.6 Å². The molecule has 0 saturated heterocycles. The van der Waals surface area contributed by atoms with Gasteiger partial charge in [-0.05, 0) is 50.5 Å². The summed E-state index contributed by atoms with van der Waals surface area (Å²) in [7, 11) is 0. The lowest BCUT2D eigenvalue weighted by Crippen LogP contribution is -2.55. The third kappa shape index (κ3) is 14.1. The molecule has 20 nitrogen and oxygen atoms in total.